The molecule has 72 valence electrons. The van der Waals surface area contributed by atoms with E-state index in [4.69, 9.17) is 4.74 Å². The lowest BCUT2D eigenvalue weighted by Crippen LogP contribution is -2.46. The van der Waals surface area contributed by atoms with E-state index in [2.05, 4.69) is 12.2 Å². The molecule has 0 saturated carbocycles. The highest BCUT2D eigenvalue weighted by molar-refractivity contribution is 4.85. The Balaban J connectivity index is 2.37. The van der Waals surface area contributed by atoms with Crippen LogP contribution < -0.4 is 5.32 Å². The van der Waals surface area contributed by atoms with Crippen molar-refractivity contribution < 1.29 is 9.84 Å². The summed E-state index contributed by atoms with van der Waals surface area (Å²) in [6.07, 6.45) is 2.89. The van der Waals surface area contributed by atoms with Gasteiger partial charge in [0.1, 0.15) is 0 Å². The van der Waals surface area contributed by atoms with E-state index < -0.39 is 0 Å². The van der Waals surface area contributed by atoms with Crippen molar-refractivity contribution in [3.05, 3.63) is 0 Å². The Hall–Kier alpha value is -0.120. The summed E-state index contributed by atoms with van der Waals surface area (Å²) < 4.78 is 5.68. The van der Waals surface area contributed by atoms with Gasteiger partial charge in [-0.3, -0.25) is 0 Å². The topological polar surface area (TPSA) is 41.5 Å². The van der Waals surface area contributed by atoms with Crippen LogP contribution in [0, 0.1) is 0 Å². The summed E-state index contributed by atoms with van der Waals surface area (Å²) in [6.45, 7) is 4.94. The van der Waals surface area contributed by atoms with E-state index in [1.807, 2.05) is 0 Å². The molecule has 0 unspecified atom stereocenters. The van der Waals surface area contributed by atoms with E-state index in [1.165, 1.54) is 0 Å². The van der Waals surface area contributed by atoms with Crippen LogP contribution in [0.2, 0.25) is 0 Å². The molecule has 12 heavy (non-hydrogen) atoms. The van der Waals surface area contributed by atoms with Gasteiger partial charge in [0, 0.05) is 6.61 Å². The summed E-state index contributed by atoms with van der Waals surface area (Å²) in [5, 5.41) is 12.5. The zero-order valence-corrected chi connectivity index (χ0v) is 7.81. The van der Waals surface area contributed by atoms with E-state index in [9.17, 15) is 5.11 Å². The van der Waals surface area contributed by atoms with Crippen molar-refractivity contribution in [2.24, 2.45) is 0 Å². The molecule has 1 saturated heterocycles. The number of ether oxygens (including phenoxy) is 1. The molecular formula is C9H19NO2. The van der Waals surface area contributed by atoms with E-state index in [0.717, 1.165) is 39.0 Å². The van der Waals surface area contributed by atoms with E-state index in [1.54, 1.807) is 0 Å². The van der Waals surface area contributed by atoms with Gasteiger partial charge in [-0.2, -0.15) is 0 Å². The van der Waals surface area contributed by atoms with Gasteiger partial charge in [0.2, 0.25) is 0 Å². The van der Waals surface area contributed by atoms with Crippen LogP contribution >= 0.6 is 0 Å². The average molecular weight is 173 g/mol. The Kier molecular flexibility index (Phi) is 3.98. The van der Waals surface area contributed by atoms with Crippen LogP contribution in [-0.2, 0) is 4.74 Å². The van der Waals surface area contributed by atoms with Crippen LogP contribution in [0.3, 0.4) is 0 Å². The fraction of sp³-hybridized carbons (Fsp3) is 1.00. The smallest absolute Gasteiger partial charge is 0.0936 e. The number of hydrogen-bond acceptors (Lipinski definition) is 3. The second-order valence-electron chi connectivity index (χ2n) is 3.44. The Labute approximate surface area is 74.1 Å². The van der Waals surface area contributed by atoms with Crippen LogP contribution in [0.4, 0.5) is 0 Å². The molecule has 1 heterocycles. The third-order valence-corrected chi connectivity index (χ3v) is 2.42. The molecule has 0 bridgehead atoms. The highest BCUT2D eigenvalue weighted by Crippen LogP contribution is 2.22. The number of piperidine rings is 1. The highest BCUT2D eigenvalue weighted by atomic mass is 16.5. The molecule has 2 N–H and O–H groups in total. The summed E-state index contributed by atoms with van der Waals surface area (Å²) in [5.74, 6) is 0. The zero-order valence-electron chi connectivity index (χ0n) is 7.81. The van der Waals surface area contributed by atoms with Crippen LogP contribution in [-0.4, -0.2) is 37.0 Å². The maximum atomic E-state index is 9.22. The van der Waals surface area contributed by atoms with Crippen molar-refractivity contribution in [1.82, 2.24) is 5.32 Å². The minimum Gasteiger partial charge on any atom is -0.393 e. The van der Waals surface area contributed by atoms with Gasteiger partial charge < -0.3 is 15.2 Å². The lowest BCUT2D eigenvalue weighted by Gasteiger charge is -2.35. The first-order valence-electron chi connectivity index (χ1n) is 4.78. The van der Waals surface area contributed by atoms with Crippen molar-refractivity contribution in [2.75, 3.05) is 26.3 Å². The van der Waals surface area contributed by atoms with Crippen molar-refractivity contribution in [3.8, 4) is 0 Å². The third-order valence-electron chi connectivity index (χ3n) is 2.42. The van der Waals surface area contributed by atoms with Gasteiger partial charge in [-0.25, -0.2) is 0 Å². The molecule has 0 atom stereocenters. The summed E-state index contributed by atoms with van der Waals surface area (Å²) in [6, 6.07) is 0. The molecule has 0 spiro atoms. The van der Waals surface area contributed by atoms with Gasteiger partial charge in [-0.05, 0) is 32.4 Å². The Morgan fingerprint density at radius 1 is 1.42 bits per heavy atom. The second kappa shape index (κ2) is 4.80. The molecule has 1 aliphatic heterocycles. The molecule has 3 nitrogen and oxygen atoms in total. The summed E-state index contributed by atoms with van der Waals surface area (Å²) in [7, 11) is 0. The second-order valence-corrected chi connectivity index (χ2v) is 3.44. The molecule has 1 aliphatic rings. The van der Waals surface area contributed by atoms with Crippen molar-refractivity contribution in [3.63, 3.8) is 0 Å². The molecule has 0 radical (unpaired) electrons. The first-order chi connectivity index (χ1) is 5.83. The molecule has 3 heteroatoms. The molecule has 0 aromatic heterocycles. The van der Waals surface area contributed by atoms with Gasteiger partial charge in [0.25, 0.3) is 0 Å². The largest absolute Gasteiger partial charge is 0.393 e. The summed E-state index contributed by atoms with van der Waals surface area (Å²) in [5.41, 5.74) is -0.235. The predicted octanol–water partition coefficient (Wildman–Crippen LogP) is 0.527. The van der Waals surface area contributed by atoms with Gasteiger partial charge in [-0.1, -0.05) is 6.92 Å². The Morgan fingerprint density at radius 2 is 2.08 bits per heavy atom. The Bertz CT molecular complexity index is 122. The monoisotopic (exact) mass is 173 g/mol. The molecule has 0 aromatic carbocycles. The number of hydrogen-bond donors (Lipinski definition) is 2. The van der Waals surface area contributed by atoms with Crippen molar-refractivity contribution in [2.45, 2.75) is 31.8 Å². The first kappa shape index (κ1) is 9.96. The van der Waals surface area contributed by atoms with Crippen LogP contribution in [0.15, 0.2) is 0 Å². The number of aliphatic hydroxyl groups is 1. The number of aliphatic hydroxyl groups excluding tert-OH is 1. The number of nitrogens with one attached hydrogen (secondary N) is 1. The predicted molar refractivity (Wildman–Crippen MR) is 48.2 cm³/mol. The standard InChI is InChI=1S/C9H19NO2/c1-2-7-12-9(8-11)3-5-10-6-4-9/h10-11H,2-8H2,1H3. The average Bonchev–Trinajstić information content (AvgIpc) is 2.16. The van der Waals surface area contributed by atoms with Gasteiger partial charge in [0.15, 0.2) is 0 Å². The van der Waals surface area contributed by atoms with Gasteiger partial charge >= 0.3 is 0 Å². The first-order valence-corrected chi connectivity index (χ1v) is 4.78. The van der Waals surface area contributed by atoms with Crippen LogP contribution in [0.1, 0.15) is 26.2 Å². The third kappa shape index (κ3) is 2.44. The lowest BCUT2D eigenvalue weighted by atomic mass is 9.93. The van der Waals surface area contributed by atoms with E-state index >= 15 is 0 Å². The SMILES string of the molecule is CCCOC1(CO)CCNCC1. The number of rotatable bonds is 4. The maximum absolute atomic E-state index is 9.22. The van der Waals surface area contributed by atoms with Crippen molar-refractivity contribution >= 4 is 0 Å². The normalized spacial score (nSPS) is 22.5. The fourth-order valence-electron chi connectivity index (χ4n) is 1.55. The maximum Gasteiger partial charge on any atom is 0.0936 e. The molecule has 1 rings (SSSR count). The lowest BCUT2D eigenvalue weighted by molar-refractivity contribution is -0.0964. The van der Waals surface area contributed by atoms with E-state index in [0.29, 0.717) is 0 Å². The Morgan fingerprint density at radius 3 is 2.58 bits per heavy atom. The minimum absolute atomic E-state index is 0.161. The fourth-order valence-corrected chi connectivity index (χ4v) is 1.55. The van der Waals surface area contributed by atoms with Crippen molar-refractivity contribution in [1.29, 1.82) is 0 Å². The summed E-state index contributed by atoms with van der Waals surface area (Å²) in [4.78, 5) is 0. The van der Waals surface area contributed by atoms with Gasteiger partial charge in [0.05, 0.1) is 12.2 Å². The molecule has 0 aromatic rings. The zero-order chi connectivity index (χ0) is 8.86. The quantitative estimate of drug-likeness (QED) is 0.651. The van der Waals surface area contributed by atoms with Crippen LogP contribution in [0.5, 0.6) is 0 Å². The molecule has 0 aliphatic carbocycles. The molecule has 1 fully saturated rings. The molecule has 0 amide bonds. The van der Waals surface area contributed by atoms with Gasteiger partial charge in [-0.15, -0.1) is 0 Å². The molecular weight excluding hydrogens is 154 g/mol. The van der Waals surface area contributed by atoms with Crippen LogP contribution in [0.25, 0.3) is 0 Å². The van der Waals surface area contributed by atoms with E-state index in [-0.39, 0.29) is 12.2 Å². The minimum atomic E-state index is -0.235. The summed E-state index contributed by atoms with van der Waals surface area (Å²) >= 11 is 0. The highest BCUT2D eigenvalue weighted by Gasteiger charge is 2.31.